The Kier molecular flexibility index (Phi) is 6.73. The highest BCUT2D eigenvalue weighted by Crippen LogP contribution is 2.33. The molecule has 2 N–H and O–H groups in total. The number of rotatable bonds is 7. The normalized spacial score (nSPS) is 12.4. The van der Waals surface area contributed by atoms with E-state index < -0.39 is 23.8 Å². The number of alkyl halides is 3. The van der Waals surface area contributed by atoms with Gasteiger partial charge >= 0.3 is 6.18 Å². The number of benzene rings is 2. The Hall–Kier alpha value is -2.91. The molecule has 1 aromatic heterocycles. The van der Waals surface area contributed by atoms with Crippen molar-refractivity contribution in [3.8, 4) is 16.3 Å². The van der Waals surface area contributed by atoms with Crippen molar-refractivity contribution in [3.05, 3.63) is 70.7 Å². The van der Waals surface area contributed by atoms with Crippen molar-refractivity contribution < 1.29 is 27.8 Å². The van der Waals surface area contributed by atoms with Crippen molar-refractivity contribution in [2.75, 3.05) is 13.2 Å². The minimum atomic E-state index is -4.45. The second kappa shape index (κ2) is 9.27. The molecule has 0 radical (unpaired) electrons. The van der Waals surface area contributed by atoms with Gasteiger partial charge < -0.3 is 15.2 Å². The molecule has 158 valence electrons. The number of aliphatic hydroxyl groups is 1. The van der Waals surface area contributed by atoms with E-state index in [0.29, 0.717) is 10.8 Å². The molecule has 0 saturated heterocycles. The molecule has 0 aliphatic heterocycles. The Morgan fingerprint density at radius 2 is 2.00 bits per heavy atom. The van der Waals surface area contributed by atoms with Gasteiger partial charge in [0.05, 0.1) is 5.56 Å². The maximum Gasteiger partial charge on any atom is 0.416 e. The molecule has 30 heavy (non-hydrogen) atoms. The van der Waals surface area contributed by atoms with Crippen LogP contribution in [0.5, 0.6) is 5.75 Å². The van der Waals surface area contributed by atoms with Crippen molar-refractivity contribution in [3.63, 3.8) is 0 Å². The molecule has 0 aliphatic carbocycles. The van der Waals surface area contributed by atoms with E-state index in [0.717, 1.165) is 29.0 Å². The van der Waals surface area contributed by atoms with Crippen molar-refractivity contribution in [2.24, 2.45) is 0 Å². The summed E-state index contributed by atoms with van der Waals surface area (Å²) < 4.78 is 44.1. The summed E-state index contributed by atoms with van der Waals surface area (Å²) in [5.41, 5.74) is 0.591. The summed E-state index contributed by atoms with van der Waals surface area (Å²) in [6, 6.07) is 12.1. The van der Waals surface area contributed by atoms with E-state index in [9.17, 15) is 23.1 Å². The minimum Gasteiger partial charge on any atom is -0.491 e. The zero-order valence-corrected chi connectivity index (χ0v) is 16.8. The number of carbonyl (C=O) groups is 1. The fraction of sp³-hybridized carbons (Fsp3) is 0.238. The molecule has 1 amide bonds. The van der Waals surface area contributed by atoms with E-state index >= 15 is 0 Å². The van der Waals surface area contributed by atoms with Gasteiger partial charge in [-0.2, -0.15) is 13.2 Å². The van der Waals surface area contributed by atoms with Gasteiger partial charge in [-0.05, 0) is 36.8 Å². The molecule has 1 unspecified atom stereocenters. The first kappa shape index (κ1) is 21.8. The summed E-state index contributed by atoms with van der Waals surface area (Å²) in [5.74, 6) is 0.0877. The molecule has 1 heterocycles. The third-order valence-corrected chi connectivity index (χ3v) is 5.00. The van der Waals surface area contributed by atoms with E-state index in [1.165, 1.54) is 17.5 Å². The number of nitrogens with zero attached hydrogens (tertiary/aromatic N) is 1. The van der Waals surface area contributed by atoms with Gasteiger partial charge in [-0.1, -0.05) is 24.3 Å². The highest BCUT2D eigenvalue weighted by Gasteiger charge is 2.30. The number of ether oxygens (including phenoxy) is 1. The number of halogens is 3. The molecule has 3 rings (SSSR count). The molecule has 5 nitrogen and oxygen atoms in total. The smallest absolute Gasteiger partial charge is 0.416 e. The predicted molar refractivity (Wildman–Crippen MR) is 108 cm³/mol. The summed E-state index contributed by atoms with van der Waals surface area (Å²) >= 11 is 1.07. The average molecular weight is 436 g/mol. The van der Waals surface area contributed by atoms with Crippen LogP contribution >= 0.6 is 11.3 Å². The predicted octanol–water partition coefficient (Wildman–Crippen LogP) is 4.31. The Bertz CT molecular complexity index is 1020. The van der Waals surface area contributed by atoms with Crippen LogP contribution in [0.1, 0.15) is 21.6 Å². The summed E-state index contributed by atoms with van der Waals surface area (Å²) in [5, 5.41) is 14.3. The van der Waals surface area contributed by atoms with Crippen molar-refractivity contribution in [1.29, 1.82) is 0 Å². The SMILES string of the molecule is Cc1cccc(OCC(O)CNC(=O)c2csc(-c3cccc(C(F)(F)F)c3)n2)c1. The van der Waals surface area contributed by atoms with Crippen LogP contribution in [-0.4, -0.2) is 35.3 Å². The Labute approximate surface area is 175 Å². The second-order valence-corrected chi connectivity index (χ2v) is 7.47. The number of hydrogen-bond donors (Lipinski definition) is 2. The van der Waals surface area contributed by atoms with E-state index in [1.54, 1.807) is 6.07 Å². The van der Waals surface area contributed by atoms with Gasteiger partial charge in [0.15, 0.2) is 0 Å². The molecule has 9 heteroatoms. The van der Waals surface area contributed by atoms with Crippen LogP contribution in [0.3, 0.4) is 0 Å². The highest BCUT2D eigenvalue weighted by molar-refractivity contribution is 7.13. The molecule has 0 spiro atoms. The van der Waals surface area contributed by atoms with Crippen LogP contribution < -0.4 is 10.1 Å². The van der Waals surface area contributed by atoms with Crippen LogP contribution in [-0.2, 0) is 6.18 Å². The Balaban J connectivity index is 1.55. The Morgan fingerprint density at radius 1 is 1.23 bits per heavy atom. The van der Waals surface area contributed by atoms with E-state index in [1.807, 2.05) is 25.1 Å². The zero-order chi connectivity index (χ0) is 21.7. The van der Waals surface area contributed by atoms with Gasteiger partial charge in [-0.25, -0.2) is 4.98 Å². The number of aryl methyl sites for hydroxylation is 1. The van der Waals surface area contributed by atoms with Crippen LogP contribution in [0, 0.1) is 6.92 Å². The average Bonchev–Trinajstić information content (AvgIpc) is 3.20. The minimum absolute atomic E-state index is 0.00369. The summed E-state index contributed by atoms with van der Waals surface area (Å²) in [6.45, 7) is 1.86. The first-order chi connectivity index (χ1) is 14.2. The number of nitrogens with one attached hydrogen (secondary N) is 1. The number of amides is 1. The molecule has 0 aliphatic rings. The number of aliphatic hydroxyl groups excluding tert-OH is 1. The fourth-order valence-electron chi connectivity index (χ4n) is 2.60. The second-order valence-electron chi connectivity index (χ2n) is 6.61. The van der Waals surface area contributed by atoms with E-state index in [2.05, 4.69) is 10.3 Å². The first-order valence-corrected chi connectivity index (χ1v) is 9.89. The maximum absolute atomic E-state index is 12.9. The number of thiazole rings is 1. The summed E-state index contributed by atoms with van der Waals surface area (Å²) in [7, 11) is 0. The first-order valence-electron chi connectivity index (χ1n) is 9.01. The van der Waals surface area contributed by atoms with Crippen molar-refractivity contribution >= 4 is 17.2 Å². The van der Waals surface area contributed by atoms with Gasteiger partial charge in [-0.15, -0.1) is 11.3 Å². The lowest BCUT2D eigenvalue weighted by Crippen LogP contribution is -2.35. The standard InChI is InChI=1S/C21H19F3N2O3S/c1-13-4-2-7-17(8-13)29-11-16(27)10-25-19(28)18-12-30-20(26-18)14-5-3-6-15(9-14)21(22,23)24/h2-9,12,16,27H,10-11H2,1H3,(H,25,28). The third kappa shape index (κ3) is 5.80. The molecule has 1 atom stereocenters. The lowest BCUT2D eigenvalue weighted by Gasteiger charge is -2.13. The van der Waals surface area contributed by atoms with Crippen LogP contribution in [0.25, 0.3) is 10.6 Å². The number of aromatic nitrogens is 1. The van der Waals surface area contributed by atoms with Crippen molar-refractivity contribution in [2.45, 2.75) is 19.2 Å². The fourth-order valence-corrected chi connectivity index (χ4v) is 3.39. The van der Waals surface area contributed by atoms with Gasteiger partial charge in [0.25, 0.3) is 5.91 Å². The van der Waals surface area contributed by atoms with Crippen LogP contribution in [0.4, 0.5) is 13.2 Å². The van der Waals surface area contributed by atoms with E-state index in [-0.39, 0.29) is 24.4 Å². The molecular formula is C21H19F3N2O3S. The lowest BCUT2D eigenvalue weighted by atomic mass is 10.1. The molecule has 2 aromatic carbocycles. The zero-order valence-electron chi connectivity index (χ0n) is 15.9. The van der Waals surface area contributed by atoms with Gasteiger partial charge in [0, 0.05) is 17.5 Å². The van der Waals surface area contributed by atoms with Gasteiger partial charge in [-0.3, -0.25) is 4.79 Å². The number of carbonyl (C=O) groups excluding carboxylic acids is 1. The topological polar surface area (TPSA) is 71.5 Å². The third-order valence-electron chi connectivity index (χ3n) is 4.10. The summed E-state index contributed by atoms with van der Waals surface area (Å²) in [4.78, 5) is 16.4. The lowest BCUT2D eigenvalue weighted by molar-refractivity contribution is -0.137. The molecule has 0 bridgehead atoms. The highest BCUT2D eigenvalue weighted by atomic mass is 32.1. The quantitative estimate of drug-likeness (QED) is 0.579. The van der Waals surface area contributed by atoms with Crippen molar-refractivity contribution in [1.82, 2.24) is 10.3 Å². The van der Waals surface area contributed by atoms with Gasteiger partial charge in [0.2, 0.25) is 0 Å². The van der Waals surface area contributed by atoms with Crippen LogP contribution in [0.15, 0.2) is 53.9 Å². The Morgan fingerprint density at radius 3 is 2.73 bits per heavy atom. The van der Waals surface area contributed by atoms with Crippen LogP contribution in [0.2, 0.25) is 0 Å². The largest absolute Gasteiger partial charge is 0.491 e. The number of hydrogen-bond acceptors (Lipinski definition) is 5. The van der Waals surface area contributed by atoms with Gasteiger partial charge in [0.1, 0.15) is 29.2 Å². The monoisotopic (exact) mass is 436 g/mol. The summed E-state index contributed by atoms with van der Waals surface area (Å²) in [6.07, 6.45) is -5.39. The molecule has 0 saturated carbocycles. The molecule has 3 aromatic rings. The van der Waals surface area contributed by atoms with E-state index in [4.69, 9.17) is 4.74 Å². The molecule has 0 fully saturated rings. The maximum atomic E-state index is 12.9. The molecular weight excluding hydrogens is 417 g/mol.